The molecular weight excluding hydrogens is 274 g/mol. The zero-order valence-corrected chi connectivity index (χ0v) is 11.7. The van der Waals surface area contributed by atoms with Crippen molar-refractivity contribution in [3.8, 4) is 0 Å². The SMILES string of the molecule is C[C@]12CCCC[C@H]1[C@H]2C(=O)N/N=C\c1ccc([N+](=O)[O-])o1. The Morgan fingerprint density at radius 2 is 2.38 bits per heavy atom. The van der Waals surface area contributed by atoms with Crippen LogP contribution in [0.2, 0.25) is 0 Å². The van der Waals surface area contributed by atoms with Gasteiger partial charge < -0.3 is 4.42 Å². The summed E-state index contributed by atoms with van der Waals surface area (Å²) in [6.07, 6.45) is 5.88. The second-order valence-corrected chi connectivity index (χ2v) is 6.00. The van der Waals surface area contributed by atoms with Crippen LogP contribution >= 0.6 is 0 Å². The molecule has 3 rings (SSSR count). The lowest BCUT2D eigenvalue weighted by Crippen LogP contribution is -2.22. The lowest BCUT2D eigenvalue weighted by atomic mass is 9.90. The van der Waals surface area contributed by atoms with E-state index in [2.05, 4.69) is 17.5 Å². The number of nitrogens with zero attached hydrogens (tertiary/aromatic N) is 2. The largest absolute Gasteiger partial charge is 0.433 e. The molecule has 2 saturated carbocycles. The molecule has 112 valence electrons. The Kier molecular flexibility index (Phi) is 3.27. The molecule has 0 spiro atoms. The summed E-state index contributed by atoms with van der Waals surface area (Å²) < 4.78 is 4.92. The van der Waals surface area contributed by atoms with E-state index < -0.39 is 4.92 Å². The number of amides is 1. The number of hydrogen-bond donors (Lipinski definition) is 1. The Morgan fingerprint density at radius 1 is 1.57 bits per heavy atom. The summed E-state index contributed by atoms with van der Waals surface area (Å²) in [5.74, 6) is 0.348. The van der Waals surface area contributed by atoms with E-state index in [0.717, 1.165) is 12.8 Å². The summed E-state index contributed by atoms with van der Waals surface area (Å²) in [5, 5.41) is 14.3. The second-order valence-electron chi connectivity index (χ2n) is 6.00. The highest BCUT2D eigenvalue weighted by molar-refractivity contribution is 5.85. The van der Waals surface area contributed by atoms with E-state index in [1.807, 2.05) is 0 Å². The van der Waals surface area contributed by atoms with E-state index >= 15 is 0 Å². The molecule has 1 aromatic heterocycles. The van der Waals surface area contributed by atoms with E-state index in [4.69, 9.17) is 4.42 Å². The number of fused-ring (bicyclic) bond motifs is 1. The van der Waals surface area contributed by atoms with Crippen molar-refractivity contribution in [3.63, 3.8) is 0 Å². The summed E-state index contributed by atoms with van der Waals surface area (Å²) in [6, 6.07) is 2.69. The highest BCUT2D eigenvalue weighted by atomic mass is 16.6. The lowest BCUT2D eigenvalue weighted by Gasteiger charge is -2.15. The van der Waals surface area contributed by atoms with Gasteiger partial charge in [-0.05, 0) is 30.2 Å². The fourth-order valence-corrected chi connectivity index (χ4v) is 3.59. The van der Waals surface area contributed by atoms with Gasteiger partial charge >= 0.3 is 5.88 Å². The Bertz CT molecular complexity index is 609. The summed E-state index contributed by atoms with van der Waals surface area (Å²) in [5.41, 5.74) is 2.65. The average Bonchev–Trinajstić information content (AvgIpc) is 2.80. The van der Waals surface area contributed by atoms with Crippen LogP contribution in [0.25, 0.3) is 0 Å². The minimum absolute atomic E-state index is 0.0445. The van der Waals surface area contributed by atoms with Gasteiger partial charge in [-0.15, -0.1) is 0 Å². The Morgan fingerprint density at radius 3 is 3.00 bits per heavy atom. The van der Waals surface area contributed by atoms with Crippen molar-refractivity contribution in [3.05, 3.63) is 28.0 Å². The maximum Gasteiger partial charge on any atom is 0.433 e. The van der Waals surface area contributed by atoms with Gasteiger partial charge in [0.25, 0.3) is 0 Å². The van der Waals surface area contributed by atoms with Crippen LogP contribution in [0, 0.1) is 27.4 Å². The van der Waals surface area contributed by atoms with Crippen LogP contribution in [-0.2, 0) is 4.79 Å². The third-order valence-electron chi connectivity index (χ3n) is 4.77. The summed E-state index contributed by atoms with van der Waals surface area (Å²) in [4.78, 5) is 22.0. The molecule has 1 amide bonds. The first-order chi connectivity index (χ1) is 10.0. The summed E-state index contributed by atoms with van der Waals surface area (Å²) in [6.45, 7) is 2.17. The van der Waals surface area contributed by atoms with Crippen molar-refractivity contribution < 1.29 is 14.1 Å². The molecule has 21 heavy (non-hydrogen) atoms. The van der Waals surface area contributed by atoms with E-state index in [9.17, 15) is 14.9 Å². The second kappa shape index (κ2) is 4.98. The molecular formula is C14H17N3O4. The van der Waals surface area contributed by atoms with Crippen molar-refractivity contribution in [2.75, 3.05) is 0 Å². The minimum atomic E-state index is -0.619. The number of nitro groups is 1. The fourth-order valence-electron chi connectivity index (χ4n) is 3.59. The number of hydrogen-bond acceptors (Lipinski definition) is 5. The molecule has 1 N–H and O–H groups in total. The molecule has 7 heteroatoms. The van der Waals surface area contributed by atoms with Gasteiger partial charge in [0.15, 0.2) is 5.76 Å². The van der Waals surface area contributed by atoms with Gasteiger partial charge in [-0.2, -0.15) is 5.10 Å². The Hall–Kier alpha value is -2.18. The monoisotopic (exact) mass is 291 g/mol. The highest BCUT2D eigenvalue weighted by Gasteiger charge is 2.64. The zero-order valence-electron chi connectivity index (χ0n) is 11.7. The van der Waals surface area contributed by atoms with Gasteiger partial charge in [-0.1, -0.05) is 19.8 Å². The molecule has 0 unspecified atom stereocenters. The van der Waals surface area contributed by atoms with Crippen molar-refractivity contribution >= 4 is 18.0 Å². The predicted molar refractivity (Wildman–Crippen MR) is 74.7 cm³/mol. The number of furan rings is 1. The zero-order chi connectivity index (χ0) is 15.0. The van der Waals surface area contributed by atoms with Crippen molar-refractivity contribution in [1.29, 1.82) is 0 Å². The third-order valence-corrected chi connectivity index (χ3v) is 4.77. The molecule has 3 atom stereocenters. The smallest absolute Gasteiger partial charge is 0.400 e. The summed E-state index contributed by atoms with van der Waals surface area (Å²) in [7, 11) is 0. The first kappa shape index (κ1) is 13.8. The van der Waals surface area contributed by atoms with Crippen LogP contribution in [0.5, 0.6) is 0 Å². The first-order valence-corrected chi connectivity index (χ1v) is 7.09. The normalized spacial score (nSPS) is 30.9. The minimum Gasteiger partial charge on any atom is -0.400 e. The Balaban J connectivity index is 1.56. The van der Waals surface area contributed by atoms with Gasteiger partial charge in [0, 0.05) is 5.92 Å². The topological polar surface area (TPSA) is 97.7 Å². The third kappa shape index (κ3) is 2.43. The van der Waals surface area contributed by atoms with Gasteiger partial charge in [-0.25, -0.2) is 5.43 Å². The molecule has 0 aliphatic heterocycles. The van der Waals surface area contributed by atoms with E-state index in [-0.39, 0.29) is 28.9 Å². The van der Waals surface area contributed by atoms with Gasteiger partial charge in [0.05, 0.1) is 12.3 Å². The molecule has 2 aliphatic carbocycles. The number of carbonyl (C=O) groups is 1. The van der Waals surface area contributed by atoms with Crippen molar-refractivity contribution in [2.45, 2.75) is 32.6 Å². The molecule has 2 fully saturated rings. The van der Waals surface area contributed by atoms with Crippen LogP contribution in [0.4, 0.5) is 5.88 Å². The molecule has 2 aliphatic rings. The molecule has 0 radical (unpaired) electrons. The molecule has 1 aromatic rings. The van der Waals surface area contributed by atoms with E-state index in [0.29, 0.717) is 5.92 Å². The number of rotatable bonds is 4. The molecule has 0 saturated heterocycles. The average molecular weight is 291 g/mol. The lowest BCUT2D eigenvalue weighted by molar-refractivity contribution is -0.402. The molecule has 0 bridgehead atoms. The maximum atomic E-state index is 12.1. The van der Waals surface area contributed by atoms with Crippen LogP contribution in [0.15, 0.2) is 21.7 Å². The van der Waals surface area contributed by atoms with Crippen LogP contribution < -0.4 is 5.43 Å². The van der Waals surface area contributed by atoms with Crippen LogP contribution in [-0.4, -0.2) is 17.0 Å². The molecule has 1 heterocycles. The quantitative estimate of drug-likeness (QED) is 0.523. The van der Waals surface area contributed by atoms with Crippen LogP contribution in [0.1, 0.15) is 38.4 Å². The number of hydrazone groups is 1. The molecule has 0 aromatic carbocycles. The maximum absolute atomic E-state index is 12.1. The highest BCUT2D eigenvalue weighted by Crippen LogP contribution is 2.66. The number of nitrogens with one attached hydrogen (secondary N) is 1. The van der Waals surface area contributed by atoms with Gasteiger partial charge in [-0.3, -0.25) is 14.9 Å². The van der Waals surface area contributed by atoms with Crippen molar-refractivity contribution in [1.82, 2.24) is 5.43 Å². The van der Waals surface area contributed by atoms with Crippen molar-refractivity contribution in [2.24, 2.45) is 22.4 Å². The van der Waals surface area contributed by atoms with Crippen LogP contribution in [0.3, 0.4) is 0 Å². The predicted octanol–water partition coefficient (Wildman–Crippen LogP) is 2.46. The summed E-state index contributed by atoms with van der Waals surface area (Å²) >= 11 is 0. The number of carbonyl (C=O) groups excluding carboxylic acids is 1. The Labute approximate surface area is 121 Å². The van der Waals surface area contributed by atoms with E-state index in [1.54, 1.807) is 0 Å². The first-order valence-electron chi connectivity index (χ1n) is 7.09. The fraction of sp³-hybridized carbons (Fsp3) is 0.571. The van der Waals surface area contributed by atoms with Gasteiger partial charge in [0.1, 0.15) is 4.92 Å². The van der Waals surface area contributed by atoms with Gasteiger partial charge in [0.2, 0.25) is 5.91 Å². The standard InChI is InChI=1S/C14H17N3O4/c1-14-7-3-2-4-10(14)12(14)13(18)16-15-8-9-5-6-11(21-9)17(19)20/h5-6,8,10,12H,2-4,7H2,1H3,(H,16,18)/b15-8-/t10-,12-,14-/m0/s1. The molecule has 7 nitrogen and oxygen atoms in total. The van der Waals surface area contributed by atoms with E-state index in [1.165, 1.54) is 31.2 Å².